The van der Waals surface area contributed by atoms with E-state index >= 15 is 0 Å². The molecule has 7 heteroatoms. The molecular weight excluding hydrogens is 454 g/mol. The van der Waals surface area contributed by atoms with Gasteiger partial charge in [0.05, 0.1) is 41.5 Å². The number of hydrogen-bond acceptors (Lipinski definition) is 7. The Morgan fingerprint density at radius 3 is 2.89 bits per heavy atom. The highest BCUT2D eigenvalue weighted by Gasteiger charge is 2.20. The van der Waals surface area contributed by atoms with Gasteiger partial charge in [-0.25, -0.2) is 4.98 Å². The van der Waals surface area contributed by atoms with Gasteiger partial charge in [-0.05, 0) is 55.8 Å². The highest BCUT2D eigenvalue weighted by Crippen LogP contribution is 2.41. The minimum Gasteiger partial charge on any atom is -0.382 e. The molecule has 0 radical (unpaired) electrons. The molecule has 0 amide bonds. The molecule has 1 saturated heterocycles. The quantitative estimate of drug-likeness (QED) is 0.414. The Kier molecular flexibility index (Phi) is 6.02. The molecule has 2 aliphatic rings. The molecule has 6 rings (SSSR count). The van der Waals surface area contributed by atoms with Crippen molar-refractivity contribution in [2.45, 2.75) is 33.0 Å². The number of aromatic nitrogens is 2. The second-order valence-corrected chi connectivity index (χ2v) is 10.7. The highest BCUT2D eigenvalue weighted by molar-refractivity contribution is 7.20. The molecule has 0 spiro atoms. The maximum atomic E-state index is 5.52. The molecule has 0 saturated carbocycles. The summed E-state index contributed by atoms with van der Waals surface area (Å²) in [4.78, 5) is 13.8. The van der Waals surface area contributed by atoms with Gasteiger partial charge in [0.2, 0.25) is 0 Å². The maximum Gasteiger partial charge on any atom is 0.0717 e. The number of thiophene rings is 1. The second kappa shape index (κ2) is 9.32. The Morgan fingerprint density at radius 1 is 1.20 bits per heavy atom. The van der Waals surface area contributed by atoms with Crippen molar-refractivity contribution in [1.29, 1.82) is 0 Å². The summed E-state index contributed by atoms with van der Waals surface area (Å²) in [5.74, 6) is 0. The van der Waals surface area contributed by atoms with Crippen LogP contribution in [0.2, 0.25) is 0 Å². The van der Waals surface area contributed by atoms with Crippen LogP contribution in [-0.2, 0) is 17.8 Å². The minimum atomic E-state index is 0.449. The number of anilines is 1. The fourth-order valence-electron chi connectivity index (χ4n) is 5.09. The van der Waals surface area contributed by atoms with Gasteiger partial charge in [0.15, 0.2) is 0 Å². The van der Waals surface area contributed by atoms with Crippen LogP contribution in [0, 0.1) is 6.92 Å². The molecule has 35 heavy (non-hydrogen) atoms. The lowest BCUT2D eigenvalue weighted by molar-refractivity contribution is 0.0335. The average molecular weight is 486 g/mol. The van der Waals surface area contributed by atoms with Crippen LogP contribution in [0.25, 0.3) is 38.3 Å². The molecule has 1 atom stereocenters. The summed E-state index contributed by atoms with van der Waals surface area (Å²) in [6, 6.07) is 11.3. The zero-order valence-electron chi connectivity index (χ0n) is 20.4. The third kappa shape index (κ3) is 4.23. The van der Waals surface area contributed by atoms with Crippen molar-refractivity contribution >= 4 is 44.1 Å². The first-order valence-electron chi connectivity index (χ1n) is 12.4. The van der Waals surface area contributed by atoms with E-state index in [1.54, 1.807) is 0 Å². The van der Waals surface area contributed by atoms with Crippen LogP contribution in [0.5, 0.6) is 0 Å². The van der Waals surface area contributed by atoms with Crippen LogP contribution in [-0.4, -0.2) is 53.8 Å². The molecule has 6 nitrogen and oxygen atoms in total. The number of benzene rings is 1. The Bertz CT molecular complexity index is 1420. The average Bonchev–Trinajstić information content (AvgIpc) is 3.15. The third-order valence-corrected chi connectivity index (χ3v) is 8.30. The van der Waals surface area contributed by atoms with Crippen LogP contribution in [0.4, 0.5) is 5.69 Å². The first-order valence-corrected chi connectivity index (χ1v) is 13.2. The van der Waals surface area contributed by atoms with E-state index in [1.165, 1.54) is 31.6 Å². The molecule has 2 N–H and O–H groups in total. The zero-order chi connectivity index (χ0) is 23.9. The lowest BCUT2D eigenvalue weighted by Gasteiger charge is -2.27. The lowest BCUT2D eigenvalue weighted by atomic mass is 10.0. The summed E-state index contributed by atoms with van der Waals surface area (Å²) in [5.41, 5.74) is 7.55. The number of ether oxygens (including phenoxy) is 1. The van der Waals surface area contributed by atoms with E-state index in [4.69, 9.17) is 14.7 Å². The number of nitrogens with zero attached hydrogens (tertiary/aromatic N) is 3. The van der Waals surface area contributed by atoms with Gasteiger partial charge in [-0.2, -0.15) is 0 Å². The number of morpholine rings is 1. The van der Waals surface area contributed by atoms with Gasteiger partial charge < -0.3 is 15.4 Å². The summed E-state index contributed by atoms with van der Waals surface area (Å²) in [6.07, 6.45) is 1.83. The number of hydrogen-bond donors (Lipinski definition) is 2. The third-order valence-electron chi connectivity index (χ3n) is 7.15. The van der Waals surface area contributed by atoms with E-state index in [0.717, 1.165) is 74.1 Å². The SMILES string of the molecule is C=Cc1cc(-c2ccc3c(ccc4sc5c(c43)NC[C@@H](C)NC5)n2)c(C)c(CN2CCOCC2)n1. The Labute approximate surface area is 210 Å². The van der Waals surface area contributed by atoms with Crippen molar-refractivity contribution in [2.24, 2.45) is 0 Å². The molecule has 4 aromatic rings. The number of nitrogens with one attached hydrogen (secondary N) is 2. The molecule has 180 valence electrons. The Hall–Kier alpha value is -2.84. The molecule has 0 bridgehead atoms. The smallest absolute Gasteiger partial charge is 0.0717 e. The van der Waals surface area contributed by atoms with Gasteiger partial charge in [0.25, 0.3) is 0 Å². The zero-order valence-corrected chi connectivity index (χ0v) is 21.2. The molecule has 5 heterocycles. The van der Waals surface area contributed by atoms with Crippen LogP contribution in [0.3, 0.4) is 0 Å². The first-order chi connectivity index (χ1) is 17.1. The van der Waals surface area contributed by atoms with Crippen molar-refractivity contribution in [1.82, 2.24) is 20.2 Å². The second-order valence-electron chi connectivity index (χ2n) is 9.52. The van der Waals surface area contributed by atoms with Crippen molar-refractivity contribution in [2.75, 3.05) is 38.2 Å². The van der Waals surface area contributed by atoms with E-state index in [1.807, 2.05) is 17.4 Å². The Morgan fingerprint density at radius 2 is 2.06 bits per heavy atom. The summed E-state index contributed by atoms with van der Waals surface area (Å²) < 4.78 is 6.83. The van der Waals surface area contributed by atoms with Gasteiger partial charge in [-0.3, -0.25) is 9.88 Å². The predicted octanol–water partition coefficient (Wildman–Crippen LogP) is 5.20. The maximum absolute atomic E-state index is 5.52. The van der Waals surface area contributed by atoms with Crippen molar-refractivity contribution < 1.29 is 4.74 Å². The van der Waals surface area contributed by atoms with E-state index in [9.17, 15) is 0 Å². The van der Waals surface area contributed by atoms with E-state index in [2.05, 4.69) is 66.3 Å². The van der Waals surface area contributed by atoms with Gasteiger partial charge in [0, 0.05) is 64.7 Å². The number of pyridine rings is 2. The van der Waals surface area contributed by atoms with Crippen LogP contribution in [0.1, 0.15) is 28.8 Å². The monoisotopic (exact) mass is 485 g/mol. The van der Waals surface area contributed by atoms with E-state index in [0.29, 0.717) is 6.04 Å². The first kappa shape index (κ1) is 22.6. The summed E-state index contributed by atoms with van der Waals surface area (Å²) in [5, 5.41) is 9.79. The van der Waals surface area contributed by atoms with Gasteiger partial charge >= 0.3 is 0 Å². The van der Waals surface area contributed by atoms with E-state index < -0.39 is 0 Å². The topological polar surface area (TPSA) is 62.3 Å². The van der Waals surface area contributed by atoms with Crippen LogP contribution >= 0.6 is 11.3 Å². The molecule has 0 unspecified atom stereocenters. The molecular formula is C28H31N5OS. The van der Waals surface area contributed by atoms with Gasteiger partial charge in [0.1, 0.15) is 0 Å². The fraction of sp³-hybridized carbons (Fsp3) is 0.357. The standard InChI is InChI=1S/C28H31N5OS/c1-4-19-13-21(18(3)24(31-19)16-33-9-11-34-12-10-33)23-6-5-20-22(32-23)7-8-25-27(20)28-26(35-25)15-29-17(2)14-30-28/h4-8,13,17,29-30H,1,9-12,14-16H2,2-3H3/t17-/m1/s1. The summed E-state index contributed by atoms with van der Waals surface area (Å²) in [6.45, 7) is 14.5. The molecule has 0 aliphatic carbocycles. The van der Waals surface area contributed by atoms with Gasteiger partial charge in [-0.1, -0.05) is 6.58 Å². The minimum absolute atomic E-state index is 0.449. The normalized spacial score (nSPS) is 18.9. The molecule has 2 aliphatic heterocycles. The van der Waals surface area contributed by atoms with Gasteiger partial charge in [-0.15, -0.1) is 11.3 Å². The van der Waals surface area contributed by atoms with Crippen molar-refractivity contribution in [3.8, 4) is 11.3 Å². The summed E-state index contributed by atoms with van der Waals surface area (Å²) >= 11 is 1.87. The van der Waals surface area contributed by atoms with E-state index in [-0.39, 0.29) is 0 Å². The molecule has 1 aromatic carbocycles. The Balaban J connectivity index is 1.43. The van der Waals surface area contributed by atoms with Crippen LogP contribution < -0.4 is 10.6 Å². The van der Waals surface area contributed by atoms with Crippen LogP contribution in [0.15, 0.2) is 36.9 Å². The van der Waals surface area contributed by atoms with Crippen molar-refractivity contribution in [3.05, 3.63) is 58.7 Å². The molecule has 3 aromatic heterocycles. The molecule has 1 fully saturated rings. The predicted molar refractivity (Wildman–Crippen MR) is 146 cm³/mol. The number of fused-ring (bicyclic) bond motifs is 5. The van der Waals surface area contributed by atoms with Crippen molar-refractivity contribution in [3.63, 3.8) is 0 Å². The fourth-order valence-corrected chi connectivity index (χ4v) is 6.23. The highest BCUT2D eigenvalue weighted by atomic mass is 32.1. The lowest BCUT2D eigenvalue weighted by Crippen LogP contribution is -2.36. The summed E-state index contributed by atoms with van der Waals surface area (Å²) in [7, 11) is 0. The number of rotatable bonds is 4. The largest absolute Gasteiger partial charge is 0.382 e.